The molecule has 0 fully saturated rings. The van der Waals surface area contributed by atoms with Crippen LogP contribution >= 0.6 is 27.3 Å². The number of unbranched alkanes of at least 4 members (excludes halogenated alkanes) is 2. The first-order valence-electron chi connectivity index (χ1n) is 5.09. The molecule has 0 aliphatic heterocycles. The van der Waals surface area contributed by atoms with E-state index in [1.807, 2.05) is 12.1 Å². The maximum Gasteiger partial charge on any atom is 0.155 e. The average molecular weight is 327 g/mol. The third-order valence-corrected chi connectivity index (χ3v) is 5.57. The van der Waals surface area contributed by atoms with Gasteiger partial charge in [-0.3, -0.25) is 0 Å². The molecular weight excluding hydrogens is 312 g/mol. The van der Waals surface area contributed by atoms with Crippen LogP contribution in [-0.4, -0.2) is 25.9 Å². The molecule has 0 aliphatic rings. The standard InChI is InChI=1S/C10H15BrO3S2/c11-10-5-4-9(15-10)8-16(13,14)7-3-1-2-6-12/h4-5,12H,1-3,6-8H2. The van der Waals surface area contributed by atoms with Crippen LogP contribution < -0.4 is 0 Å². The molecule has 0 spiro atoms. The predicted molar refractivity (Wildman–Crippen MR) is 70.4 cm³/mol. The van der Waals surface area contributed by atoms with Crippen LogP contribution in [0.1, 0.15) is 24.1 Å². The van der Waals surface area contributed by atoms with Gasteiger partial charge in [0.05, 0.1) is 15.3 Å². The second kappa shape index (κ2) is 6.74. The van der Waals surface area contributed by atoms with Gasteiger partial charge in [-0.05, 0) is 40.9 Å². The number of hydrogen-bond acceptors (Lipinski definition) is 4. The highest BCUT2D eigenvalue weighted by atomic mass is 79.9. The van der Waals surface area contributed by atoms with E-state index in [0.29, 0.717) is 12.8 Å². The molecule has 1 N–H and O–H groups in total. The van der Waals surface area contributed by atoms with Crippen molar-refractivity contribution >= 4 is 37.1 Å². The maximum absolute atomic E-state index is 11.7. The number of aliphatic hydroxyl groups is 1. The van der Waals surface area contributed by atoms with Crippen LogP contribution in [0.2, 0.25) is 0 Å². The van der Waals surface area contributed by atoms with Crippen LogP contribution in [0.5, 0.6) is 0 Å². The van der Waals surface area contributed by atoms with Crippen molar-refractivity contribution in [1.29, 1.82) is 0 Å². The summed E-state index contributed by atoms with van der Waals surface area (Å²) in [6, 6.07) is 3.70. The molecule has 1 aromatic heterocycles. The zero-order chi connectivity index (χ0) is 12.0. The van der Waals surface area contributed by atoms with Gasteiger partial charge in [0, 0.05) is 11.5 Å². The van der Waals surface area contributed by atoms with E-state index in [4.69, 9.17) is 5.11 Å². The Labute approximate surface area is 109 Å². The van der Waals surface area contributed by atoms with Crippen LogP contribution in [0, 0.1) is 0 Å². The number of thiophene rings is 1. The third kappa shape index (κ3) is 5.43. The average Bonchev–Trinajstić information content (AvgIpc) is 2.58. The lowest BCUT2D eigenvalue weighted by Crippen LogP contribution is -2.08. The van der Waals surface area contributed by atoms with E-state index in [9.17, 15) is 8.42 Å². The molecule has 0 amide bonds. The van der Waals surface area contributed by atoms with Crippen LogP contribution in [0.4, 0.5) is 0 Å². The Morgan fingerprint density at radius 1 is 1.25 bits per heavy atom. The number of aliphatic hydroxyl groups excluding tert-OH is 1. The number of rotatable bonds is 7. The van der Waals surface area contributed by atoms with E-state index in [1.54, 1.807) is 0 Å². The summed E-state index contributed by atoms with van der Waals surface area (Å²) in [4.78, 5) is 0.869. The normalized spacial score (nSPS) is 11.9. The van der Waals surface area contributed by atoms with E-state index < -0.39 is 9.84 Å². The quantitative estimate of drug-likeness (QED) is 0.783. The fraction of sp³-hybridized carbons (Fsp3) is 0.600. The smallest absolute Gasteiger partial charge is 0.155 e. The molecule has 1 rings (SSSR count). The monoisotopic (exact) mass is 326 g/mol. The first-order chi connectivity index (χ1) is 7.53. The van der Waals surface area contributed by atoms with E-state index in [2.05, 4.69) is 15.9 Å². The molecule has 0 aliphatic carbocycles. The van der Waals surface area contributed by atoms with Crippen LogP contribution in [0.3, 0.4) is 0 Å². The molecule has 0 saturated carbocycles. The van der Waals surface area contributed by atoms with Crippen molar-refractivity contribution in [1.82, 2.24) is 0 Å². The van der Waals surface area contributed by atoms with Crippen molar-refractivity contribution in [2.75, 3.05) is 12.4 Å². The summed E-state index contributed by atoms with van der Waals surface area (Å²) in [7, 11) is -2.99. The molecule has 0 aromatic carbocycles. The molecule has 3 nitrogen and oxygen atoms in total. The van der Waals surface area contributed by atoms with Crippen LogP contribution in [0.15, 0.2) is 15.9 Å². The SMILES string of the molecule is O=S(=O)(CCCCCO)Cc1ccc(Br)s1. The highest BCUT2D eigenvalue weighted by molar-refractivity contribution is 9.11. The molecule has 6 heteroatoms. The summed E-state index contributed by atoms with van der Waals surface area (Å²) in [6.45, 7) is 0.137. The minimum Gasteiger partial charge on any atom is -0.396 e. The molecule has 0 atom stereocenters. The summed E-state index contributed by atoms with van der Waals surface area (Å²) in [5.41, 5.74) is 0. The van der Waals surface area contributed by atoms with Gasteiger partial charge in [0.15, 0.2) is 9.84 Å². The fourth-order valence-corrected chi connectivity index (χ4v) is 4.70. The first kappa shape index (κ1) is 14.2. The molecular formula is C10H15BrO3S2. The minimum absolute atomic E-state index is 0.127. The summed E-state index contributed by atoms with van der Waals surface area (Å²) in [6.07, 6.45) is 2.08. The predicted octanol–water partition coefficient (Wildman–Crippen LogP) is 2.59. The minimum atomic E-state index is -2.99. The second-order valence-electron chi connectivity index (χ2n) is 3.58. The van der Waals surface area contributed by atoms with Gasteiger partial charge in [0.2, 0.25) is 0 Å². The van der Waals surface area contributed by atoms with E-state index in [1.165, 1.54) is 11.3 Å². The van der Waals surface area contributed by atoms with E-state index in [0.717, 1.165) is 15.1 Å². The van der Waals surface area contributed by atoms with Crippen molar-refractivity contribution in [2.24, 2.45) is 0 Å². The Balaban J connectivity index is 2.40. The van der Waals surface area contributed by atoms with Gasteiger partial charge in [-0.2, -0.15) is 0 Å². The molecule has 1 aromatic rings. The maximum atomic E-state index is 11.7. The largest absolute Gasteiger partial charge is 0.396 e. The third-order valence-electron chi connectivity index (χ3n) is 2.10. The van der Waals surface area contributed by atoms with Gasteiger partial charge in [0.1, 0.15) is 0 Å². The van der Waals surface area contributed by atoms with E-state index in [-0.39, 0.29) is 18.1 Å². The molecule has 16 heavy (non-hydrogen) atoms. The van der Waals surface area contributed by atoms with Gasteiger partial charge in [-0.25, -0.2) is 8.42 Å². The van der Waals surface area contributed by atoms with Crippen molar-refractivity contribution in [3.05, 3.63) is 20.8 Å². The van der Waals surface area contributed by atoms with Crippen molar-refractivity contribution in [2.45, 2.75) is 25.0 Å². The zero-order valence-electron chi connectivity index (χ0n) is 8.86. The Bertz CT molecular complexity index is 411. The number of hydrogen-bond donors (Lipinski definition) is 1. The molecule has 0 bridgehead atoms. The first-order valence-corrected chi connectivity index (χ1v) is 8.52. The molecule has 1 heterocycles. The Hall–Kier alpha value is 0.0900. The lowest BCUT2D eigenvalue weighted by molar-refractivity contribution is 0.284. The summed E-state index contributed by atoms with van der Waals surface area (Å²) < 4.78 is 24.4. The lowest BCUT2D eigenvalue weighted by Gasteiger charge is -2.02. The Kier molecular flexibility index (Phi) is 5.96. The van der Waals surface area contributed by atoms with Gasteiger partial charge in [-0.1, -0.05) is 6.42 Å². The van der Waals surface area contributed by atoms with Gasteiger partial charge in [-0.15, -0.1) is 11.3 Å². The second-order valence-corrected chi connectivity index (χ2v) is 8.31. The molecule has 0 radical (unpaired) electrons. The lowest BCUT2D eigenvalue weighted by atomic mass is 10.3. The Morgan fingerprint density at radius 2 is 2.00 bits per heavy atom. The highest BCUT2D eigenvalue weighted by Crippen LogP contribution is 2.24. The molecule has 0 saturated heterocycles. The van der Waals surface area contributed by atoms with Crippen LogP contribution in [-0.2, 0) is 15.6 Å². The van der Waals surface area contributed by atoms with Gasteiger partial charge < -0.3 is 5.11 Å². The highest BCUT2D eigenvalue weighted by Gasteiger charge is 2.12. The summed E-state index contributed by atoms with van der Waals surface area (Å²) in [5.74, 6) is 0.338. The van der Waals surface area contributed by atoms with Gasteiger partial charge >= 0.3 is 0 Å². The van der Waals surface area contributed by atoms with Crippen molar-refractivity contribution in [3.8, 4) is 0 Å². The van der Waals surface area contributed by atoms with Crippen molar-refractivity contribution in [3.63, 3.8) is 0 Å². The summed E-state index contributed by atoms with van der Waals surface area (Å²) >= 11 is 4.76. The van der Waals surface area contributed by atoms with Crippen molar-refractivity contribution < 1.29 is 13.5 Å². The fourth-order valence-electron chi connectivity index (χ4n) is 1.33. The molecule has 0 unspecified atom stereocenters. The van der Waals surface area contributed by atoms with E-state index >= 15 is 0 Å². The number of sulfone groups is 1. The zero-order valence-corrected chi connectivity index (χ0v) is 12.1. The molecule has 92 valence electrons. The van der Waals surface area contributed by atoms with Crippen LogP contribution in [0.25, 0.3) is 0 Å². The topological polar surface area (TPSA) is 54.4 Å². The van der Waals surface area contributed by atoms with Gasteiger partial charge in [0.25, 0.3) is 0 Å². The Morgan fingerprint density at radius 3 is 2.56 bits per heavy atom. The summed E-state index contributed by atoms with van der Waals surface area (Å²) in [5, 5.41) is 8.58. The number of halogens is 1.